The largest absolute Gasteiger partial charge is 0.489 e. The zero-order valence-electron chi connectivity index (χ0n) is 12.2. The molecule has 2 bridgehead atoms. The third kappa shape index (κ3) is 3.56. The van der Waals surface area contributed by atoms with Gasteiger partial charge in [0.15, 0.2) is 5.11 Å². The van der Waals surface area contributed by atoms with Crippen molar-refractivity contribution in [1.29, 1.82) is 0 Å². The van der Waals surface area contributed by atoms with Gasteiger partial charge in [-0.2, -0.15) is 0 Å². The van der Waals surface area contributed by atoms with Crippen LogP contribution in [0.15, 0.2) is 36.9 Å². The molecular weight excluding hydrogens is 280 g/mol. The number of ether oxygens (including phenoxy) is 1. The molecule has 0 amide bonds. The minimum absolute atomic E-state index is 0.511. The standard InChI is InChI=1S/C17H22N2OS/c1-2-8-20-15-5-3-4-14(11-15)18-17(21)19-16-10-12-6-7-13(16)9-12/h2-5,11-13,16H,1,6-10H2,(H2,18,19,21)/t12-,13-,16-/m0/s1. The molecule has 0 saturated heterocycles. The molecule has 0 spiro atoms. The fraction of sp³-hybridized carbons (Fsp3) is 0.471. The average Bonchev–Trinajstić information content (AvgIpc) is 3.08. The summed E-state index contributed by atoms with van der Waals surface area (Å²) in [5.41, 5.74) is 0.956. The van der Waals surface area contributed by atoms with Crippen molar-refractivity contribution in [2.24, 2.45) is 11.8 Å². The molecule has 0 unspecified atom stereocenters. The lowest BCUT2D eigenvalue weighted by Gasteiger charge is -2.24. The van der Waals surface area contributed by atoms with E-state index in [9.17, 15) is 0 Å². The van der Waals surface area contributed by atoms with Crippen molar-refractivity contribution in [2.45, 2.75) is 31.7 Å². The summed E-state index contributed by atoms with van der Waals surface area (Å²) >= 11 is 5.44. The monoisotopic (exact) mass is 302 g/mol. The van der Waals surface area contributed by atoms with Crippen molar-refractivity contribution in [3.8, 4) is 5.75 Å². The molecule has 1 aromatic rings. The minimum Gasteiger partial charge on any atom is -0.489 e. The maximum atomic E-state index is 5.53. The van der Waals surface area contributed by atoms with E-state index >= 15 is 0 Å². The van der Waals surface area contributed by atoms with Gasteiger partial charge in [0, 0.05) is 17.8 Å². The molecule has 3 atom stereocenters. The smallest absolute Gasteiger partial charge is 0.171 e. The molecule has 0 radical (unpaired) electrons. The molecule has 112 valence electrons. The van der Waals surface area contributed by atoms with E-state index in [2.05, 4.69) is 17.2 Å². The van der Waals surface area contributed by atoms with Crippen LogP contribution in [0.1, 0.15) is 25.7 Å². The summed E-state index contributed by atoms with van der Waals surface area (Å²) in [5, 5.41) is 7.46. The number of hydrogen-bond donors (Lipinski definition) is 2. The lowest BCUT2D eigenvalue weighted by molar-refractivity contribution is 0.363. The van der Waals surface area contributed by atoms with Crippen LogP contribution in [0.5, 0.6) is 5.75 Å². The average molecular weight is 302 g/mol. The molecule has 2 fully saturated rings. The molecule has 2 aliphatic rings. The van der Waals surface area contributed by atoms with Crippen LogP contribution >= 0.6 is 12.2 Å². The molecule has 3 rings (SSSR count). The lowest BCUT2D eigenvalue weighted by Crippen LogP contribution is -2.40. The van der Waals surface area contributed by atoms with Crippen LogP contribution in [-0.2, 0) is 0 Å². The highest BCUT2D eigenvalue weighted by Gasteiger charge is 2.39. The number of fused-ring (bicyclic) bond motifs is 2. The molecule has 3 nitrogen and oxygen atoms in total. The molecule has 0 aromatic heterocycles. The summed E-state index contributed by atoms with van der Waals surface area (Å²) in [6.07, 6.45) is 7.16. The van der Waals surface area contributed by atoms with E-state index in [1.807, 2.05) is 24.3 Å². The van der Waals surface area contributed by atoms with Gasteiger partial charge in [0.1, 0.15) is 12.4 Å². The minimum atomic E-state index is 0.511. The first-order valence-corrected chi connectivity index (χ1v) is 8.06. The normalized spacial score (nSPS) is 26.4. The van der Waals surface area contributed by atoms with Gasteiger partial charge in [0.25, 0.3) is 0 Å². The van der Waals surface area contributed by atoms with E-state index in [-0.39, 0.29) is 0 Å². The number of thiocarbonyl (C=S) groups is 1. The molecular formula is C17H22N2OS. The van der Waals surface area contributed by atoms with Crippen LogP contribution < -0.4 is 15.4 Å². The van der Waals surface area contributed by atoms with Crippen molar-refractivity contribution in [3.05, 3.63) is 36.9 Å². The Hall–Kier alpha value is -1.55. The van der Waals surface area contributed by atoms with Crippen LogP contribution in [0.25, 0.3) is 0 Å². The molecule has 2 aliphatic carbocycles. The maximum absolute atomic E-state index is 5.53. The first-order chi connectivity index (χ1) is 10.2. The van der Waals surface area contributed by atoms with Crippen molar-refractivity contribution in [1.82, 2.24) is 5.32 Å². The highest BCUT2D eigenvalue weighted by molar-refractivity contribution is 7.80. The van der Waals surface area contributed by atoms with Gasteiger partial charge in [0.05, 0.1) is 0 Å². The Kier molecular flexibility index (Phi) is 4.44. The van der Waals surface area contributed by atoms with Gasteiger partial charge in [-0.3, -0.25) is 0 Å². The maximum Gasteiger partial charge on any atom is 0.171 e. The summed E-state index contributed by atoms with van der Waals surface area (Å²) in [6.45, 7) is 4.16. The van der Waals surface area contributed by atoms with Gasteiger partial charge in [-0.05, 0) is 55.4 Å². The molecule has 2 N–H and O–H groups in total. The van der Waals surface area contributed by atoms with Gasteiger partial charge in [0.2, 0.25) is 0 Å². The lowest BCUT2D eigenvalue weighted by atomic mass is 9.96. The quantitative estimate of drug-likeness (QED) is 0.641. The third-order valence-corrected chi connectivity index (χ3v) is 4.73. The first-order valence-electron chi connectivity index (χ1n) is 7.66. The third-order valence-electron chi connectivity index (χ3n) is 4.51. The first kappa shape index (κ1) is 14.4. The Labute approximate surface area is 131 Å². The molecule has 0 heterocycles. The second-order valence-corrected chi connectivity index (χ2v) is 6.42. The summed E-state index contributed by atoms with van der Waals surface area (Å²) in [5.74, 6) is 2.56. The Morgan fingerprint density at radius 3 is 3.00 bits per heavy atom. The van der Waals surface area contributed by atoms with E-state index in [1.165, 1.54) is 25.7 Å². The zero-order valence-corrected chi connectivity index (χ0v) is 13.0. The van der Waals surface area contributed by atoms with Crippen LogP contribution in [0, 0.1) is 11.8 Å². The zero-order chi connectivity index (χ0) is 14.7. The fourth-order valence-corrected chi connectivity index (χ4v) is 3.85. The SMILES string of the molecule is C=CCOc1cccc(NC(=S)N[C@H]2C[C@H]3CC[C@H]2C3)c1. The van der Waals surface area contributed by atoms with Gasteiger partial charge >= 0.3 is 0 Å². The summed E-state index contributed by atoms with van der Waals surface area (Å²) in [6, 6.07) is 8.40. The molecule has 21 heavy (non-hydrogen) atoms. The highest BCUT2D eigenvalue weighted by atomic mass is 32.1. The second kappa shape index (κ2) is 6.48. The predicted octanol–water partition coefficient (Wildman–Crippen LogP) is 3.73. The van der Waals surface area contributed by atoms with Gasteiger partial charge < -0.3 is 15.4 Å². The van der Waals surface area contributed by atoms with Gasteiger partial charge in [-0.25, -0.2) is 0 Å². The number of rotatable bonds is 5. The van der Waals surface area contributed by atoms with E-state index in [4.69, 9.17) is 17.0 Å². The Bertz CT molecular complexity index is 531. The van der Waals surface area contributed by atoms with Crippen LogP contribution in [0.4, 0.5) is 5.69 Å². The van der Waals surface area contributed by atoms with Crippen LogP contribution in [0.2, 0.25) is 0 Å². The number of hydrogen-bond acceptors (Lipinski definition) is 2. The fourth-order valence-electron chi connectivity index (χ4n) is 3.58. The van der Waals surface area contributed by atoms with E-state index < -0.39 is 0 Å². The van der Waals surface area contributed by atoms with E-state index in [1.54, 1.807) is 6.08 Å². The van der Waals surface area contributed by atoms with E-state index in [0.717, 1.165) is 23.3 Å². The number of anilines is 1. The summed E-state index contributed by atoms with van der Waals surface area (Å²) in [7, 11) is 0. The van der Waals surface area contributed by atoms with E-state index in [0.29, 0.717) is 17.8 Å². The van der Waals surface area contributed by atoms with Crippen LogP contribution in [-0.4, -0.2) is 17.8 Å². The summed E-state index contributed by atoms with van der Waals surface area (Å²) < 4.78 is 5.53. The molecule has 0 aliphatic heterocycles. The van der Waals surface area contributed by atoms with Crippen molar-refractivity contribution >= 4 is 23.0 Å². The second-order valence-electron chi connectivity index (χ2n) is 6.01. The Morgan fingerprint density at radius 1 is 1.38 bits per heavy atom. The number of benzene rings is 1. The predicted molar refractivity (Wildman–Crippen MR) is 90.7 cm³/mol. The molecule has 4 heteroatoms. The Balaban J connectivity index is 1.53. The number of nitrogens with one attached hydrogen (secondary N) is 2. The Morgan fingerprint density at radius 2 is 2.29 bits per heavy atom. The van der Waals surface area contributed by atoms with Crippen molar-refractivity contribution in [2.75, 3.05) is 11.9 Å². The molecule has 1 aromatic carbocycles. The van der Waals surface area contributed by atoms with Crippen LogP contribution in [0.3, 0.4) is 0 Å². The highest BCUT2D eigenvalue weighted by Crippen LogP contribution is 2.44. The molecule has 2 saturated carbocycles. The summed E-state index contributed by atoms with van der Waals surface area (Å²) in [4.78, 5) is 0. The topological polar surface area (TPSA) is 33.3 Å². The van der Waals surface area contributed by atoms with Gasteiger partial charge in [-0.15, -0.1) is 0 Å². The van der Waals surface area contributed by atoms with Gasteiger partial charge in [-0.1, -0.05) is 25.1 Å². The van der Waals surface area contributed by atoms with Crippen molar-refractivity contribution in [3.63, 3.8) is 0 Å². The van der Waals surface area contributed by atoms with Crippen molar-refractivity contribution < 1.29 is 4.74 Å².